The van der Waals surface area contributed by atoms with Gasteiger partial charge in [-0.25, -0.2) is 18.0 Å². The van der Waals surface area contributed by atoms with E-state index in [1.54, 1.807) is 25.7 Å². The molecule has 4 fully saturated rings. The van der Waals surface area contributed by atoms with Crippen molar-refractivity contribution in [3.63, 3.8) is 0 Å². The van der Waals surface area contributed by atoms with Crippen molar-refractivity contribution < 1.29 is 41.9 Å². The van der Waals surface area contributed by atoms with Gasteiger partial charge in [-0.2, -0.15) is 0 Å². The Morgan fingerprint density at radius 3 is 2.39 bits per heavy atom. The Bertz CT molecular complexity index is 1800. The largest absolute Gasteiger partial charge is 0.449 e. The molecule has 3 aliphatic heterocycles. The van der Waals surface area contributed by atoms with Crippen LogP contribution in [0.25, 0.3) is 0 Å². The van der Waals surface area contributed by atoms with Crippen LogP contribution < -0.4 is 15.4 Å². The van der Waals surface area contributed by atoms with E-state index in [9.17, 15) is 32.4 Å². The minimum absolute atomic E-state index is 0.0476. The minimum Gasteiger partial charge on any atom is -0.449 e. The van der Waals surface area contributed by atoms with E-state index < -0.39 is 74.3 Å². The molecule has 3 N–H and O–H groups in total. The number of alkyl carbamates (subject to hydrolysis) is 1. The molecule has 1 aromatic carbocycles. The highest BCUT2D eigenvalue weighted by Gasteiger charge is 2.62. The molecule has 3 heterocycles. The van der Waals surface area contributed by atoms with Gasteiger partial charge in [0.2, 0.25) is 21.8 Å². The van der Waals surface area contributed by atoms with Crippen LogP contribution in [0.3, 0.4) is 0 Å². The Labute approximate surface area is 317 Å². The van der Waals surface area contributed by atoms with Gasteiger partial charge in [0, 0.05) is 24.9 Å². The zero-order chi connectivity index (χ0) is 38.6. The van der Waals surface area contributed by atoms with Crippen LogP contribution in [0.15, 0.2) is 18.2 Å². The Hall–Kier alpha value is -3.88. The fourth-order valence-electron chi connectivity index (χ4n) is 8.89. The molecular weight excluding hydrogens is 715 g/mol. The average molecular weight is 770 g/mol. The van der Waals surface area contributed by atoms with Crippen molar-refractivity contribution in [1.29, 1.82) is 0 Å². The number of carbonyl (C=O) groups is 5. The average Bonchev–Trinajstić information content (AvgIpc) is 3.99. The van der Waals surface area contributed by atoms with E-state index in [2.05, 4.69) is 21.4 Å². The van der Waals surface area contributed by atoms with Crippen molar-refractivity contribution in [2.75, 3.05) is 13.2 Å². The highest BCUT2D eigenvalue weighted by molar-refractivity contribution is 7.91. The molecule has 14 nitrogen and oxygen atoms in total. The van der Waals surface area contributed by atoms with Gasteiger partial charge in [0.15, 0.2) is 0 Å². The molecule has 1 spiro atoms. The number of rotatable bonds is 6. The van der Waals surface area contributed by atoms with Gasteiger partial charge in [0.05, 0.1) is 18.4 Å². The number of amides is 5. The minimum atomic E-state index is -3.87. The van der Waals surface area contributed by atoms with Crippen LogP contribution in [0, 0.1) is 16.7 Å². The smallest absolute Gasteiger partial charge is 0.410 e. The van der Waals surface area contributed by atoms with E-state index in [1.165, 1.54) is 10.5 Å². The van der Waals surface area contributed by atoms with E-state index >= 15 is 0 Å². The second-order valence-electron chi connectivity index (χ2n) is 17.7. The first-order valence-electron chi connectivity index (χ1n) is 19.7. The Kier molecular flexibility index (Phi) is 10.2. The number of fused-ring (bicyclic) bond motifs is 3. The number of ether oxygens (including phenoxy) is 2. The summed E-state index contributed by atoms with van der Waals surface area (Å²) < 4.78 is 39.5. The summed E-state index contributed by atoms with van der Waals surface area (Å²) in [5, 5.41) is 5.01. The summed E-state index contributed by atoms with van der Waals surface area (Å²) in [6.07, 6.45) is 6.28. The number of carbonyl (C=O) groups excluding carboxylic acids is 5. The first-order chi connectivity index (χ1) is 25.5. The number of cyclic esters (lactones) is 1. The van der Waals surface area contributed by atoms with Crippen LogP contribution in [0.5, 0.6) is 0 Å². The molecule has 6 aliphatic rings. The van der Waals surface area contributed by atoms with Crippen LogP contribution >= 0.6 is 0 Å². The standard InChI is InChI=1S/C39H55N5O9S/c1-5-26-19-39(26,34(47)42-54(50,51)28-13-14-28)41-32(45)30-18-27-21-44(30)33(46)31(37(2,3)4)40-35(48)52-23-38(16-9-17-38)15-7-6-10-24-11-8-12-25-20-43(22-29(24)25)36(49)53-27/h8,11-12,26-28,30-31H,5-7,9-10,13-23H2,1-4H3,(H,40,48)(H,41,45)(H,42,47)/t26-,27+,30-,31+,39+/m0/s1. The molecule has 3 aliphatic carbocycles. The molecule has 4 bridgehead atoms. The van der Waals surface area contributed by atoms with Gasteiger partial charge < -0.3 is 25.0 Å². The van der Waals surface area contributed by atoms with E-state index in [-0.39, 0.29) is 37.3 Å². The van der Waals surface area contributed by atoms with Crippen molar-refractivity contribution in [1.82, 2.24) is 25.2 Å². The van der Waals surface area contributed by atoms with Gasteiger partial charge in [-0.3, -0.25) is 24.0 Å². The molecule has 54 heavy (non-hydrogen) atoms. The van der Waals surface area contributed by atoms with Gasteiger partial charge in [0.1, 0.15) is 23.7 Å². The first-order valence-corrected chi connectivity index (χ1v) is 21.3. The number of nitrogens with zero attached hydrogens (tertiary/aromatic N) is 2. The van der Waals surface area contributed by atoms with Crippen LogP contribution in [-0.2, 0) is 53.4 Å². The Balaban J connectivity index is 1.16. The number of aryl methyl sites for hydroxylation is 1. The molecule has 15 heteroatoms. The topological polar surface area (TPSA) is 181 Å². The van der Waals surface area contributed by atoms with Gasteiger partial charge in [-0.15, -0.1) is 0 Å². The molecule has 0 unspecified atom stereocenters. The van der Waals surface area contributed by atoms with E-state index in [0.717, 1.165) is 56.1 Å². The maximum atomic E-state index is 14.6. The summed E-state index contributed by atoms with van der Waals surface area (Å²) in [6, 6.07) is 3.88. The zero-order valence-electron chi connectivity index (χ0n) is 31.9. The number of hydrogen-bond donors (Lipinski definition) is 3. The lowest BCUT2D eigenvalue weighted by Gasteiger charge is -2.42. The van der Waals surface area contributed by atoms with Gasteiger partial charge >= 0.3 is 12.2 Å². The van der Waals surface area contributed by atoms with Crippen LogP contribution in [-0.4, -0.2) is 90.3 Å². The highest BCUT2D eigenvalue weighted by Crippen LogP contribution is 2.47. The third-order valence-electron chi connectivity index (χ3n) is 12.7. The second-order valence-corrected chi connectivity index (χ2v) is 19.6. The molecule has 7 rings (SSSR count). The fourth-order valence-corrected chi connectivity index (χ4v) is 10.3. The number of sulfonamides is 1. The molecular formula is C39H55N5O9S. The third-order valence-corrected chi connectivity index (χ3v) is 14.5. The molecule has 5 atom stereocenters. The van der Waals surface area contributed by atoms with Gasteiger partial charge in [-0.1, -0.05) is 65.2 Å². The van der Waals surface area contributed by atoms with E-state index in [0.29, 0.717) is 32.4 Å². The summed E-state index contributed by atoms with van der Waals surface area (Å²) in [5.74, 6) is -2.30. The molecule has 5 amide bonds. The second kappa shape index (κ2) is 14.3. The van der Waals surface area contributed by atoms with Crippen molar-refractivity contribution in [3.05, 3.63) is 34.9 Å². The lowest BCUT2D eigenvalue weighted by Crippen LogP contribution is -2.60. The van der Waals surface area contributed by atoms with E-state index in [1.807, 2.05) is 19.1 Å². The molecule has 0 aromatic heterocycles. The van der Waals surface area contributed by atoms with Gasteiger partial charge in [0.25, 0.3) is 5.91 Å². The fraction of sp³-hybridized carbons (Fsp3) is 0.718. The summed E-state index contributed by atoms with van der Waals surface area (Å²) in [4.78, 5) is 72.4. The summed E-state index contributed by atoms with van der Waals surface area (Å²) >= 11 is 0. The van der Waals surface area contributed by atoms with Gasteiger partial charge in [-0.05, 0) is 79.4 Å². The van der Waals surface area contributed by atoms with Crippen molar-refractivity contribution in [2.24, 2.45) is 16.7 Å². The molecule has 1 saturated heterocycles. The zero-order valence-corrected chi connectivity index (χ0v) is 32.7. The highest BCUT2D eigenvalue weighted by atomic mass is 32.2. The summed E-state index contributed by atoms with van der Waals surface area (Å²) in [7, 11) is -3.87. The SMILES string of the molecule is CC[C@H]1C[C@]1(NC(=O)[C@@H]1C[C@@H]2CN1C(=O)[C@H](C(C)(C)C)NC(=O)OCC1(CCCCc3cccc4c3CN(C4)C(=O)O2)CCC1)C(=O)NS(=O)(=O)C1CC1. The maximum absolute atomic E-state index is 14.6. The van der Waals surface area contributed by atoms with Crippen LogP contribution in [0.4, 0.5) is 9.59 Å². The molecule has 3 saturated carbocycles. The third kappa shape index (κ3) is 7.66. The molecule has 296 valence electrons. The number of nitrogens with one attached hydrogen (secondary N) is 3. The lowest BCUT2D eigenvalue weighted by molar-refractivity contribution is -0.143. The molecule has 1 aromatic rings. The Morgan fingerprint density at radius 1 is 1.02 bits per heavy atom. The summed E-state index contributed by atoms with van der Waals surface area (Å²) in [6.45, 7) is 8.20. The number of benzene rings is 1. The first kappa shape index (κ1) is 38.4. The van der Waals surface area contributed by atoms with Crippen LogP contribution in [0.2, 0.25) is 0 Å². The van der Waals surface area contributed by atoms with Crippen molar-refractivity contribution in [3.8, 4) is 0 Å². The van der Waals surface area contributed by atoms with Crippen molar-refractivity contribution in [2.45, 2.75) is 147 Å². The predicted molar refractivity (Wildman–Crippen MR) is 197 cm³/mol. The number of hydrogen-bond acceptors (Lipinski definition) is 9. The molecule has 0 radical (unpaired) electrons. The lowest BCUT2D eigenvalue weighted by atomic mass is 9.66. The maximum Gasteiger partial charge on any atom is 0.410 e. The Morgan fingerprint density at radius 2 is 1.74 bits per heavy atom. The van der Waals surface area contributed by atoms with Crippen LogP contribution in [0.1, 0.15) is 115 Å². The summed E-state index contributed by atoms with van der Waals surface area (Å²) in [5.41, 5.74) is 1.04. The predicted octanol–water partition coefficient (Wildman–Crippen LogP) is 4.04. The monoisotopic (exact) mass is 769 g/mol. The van der Waals surface area contributed by atoms with Crippen molar-refractivity contribution >= 4 is 39.9 Å². The quantitative estimate of drug-likeness (QED) is 0.385. The van der Waals surface area contributed by atoms with E-state index in [4.69, 9.17) is 9.47 Å². The normalized spacial score (nSPS) is 30.1.